The summed E-state index contributed by atoms with van der Waals surface area (Å²) in [6.45, 7) is 1.50. The van der Waals surface area contributed by atoms with Gasteiger partial charge < -0.3 is 27.4 Å². The second-order valence-electron chi connectivity index (χ2n) is 21.6. The first-order chi connectivity index (χ1) is 48.2. The summed E-state index contributed by atoms with van der Waals surface area (Å²) in [4.78, 5) is 88.8. The standard InChI is InChI=1S/2C25H19N7O.C25H17N7/c2*26-22(33)25-28-13-17(14-29-25)23-31-20-11-6-10-19(16-7-2-1-3-8-16)21(20)24(32-23)30-15-18-9-4-5-12-27-18;26-13-22-28-14-18(15-29-22)24-31-21-11-6-10-20(17-7-2-1-3-8-17)23(21)25(32-24)30-16-19-9-4-5-12-27-19/h2*1-14H,15H2,(H2,26,33)(H,30,31,32);1-12,14-15H,16H2,(H,30,31,32). The maximum atomic E-state index is 11.3. The Morgan fingerprint density at radius 1 is 0.327 bits per heavy atom. The molecule has 7 N–H and O–H groups in total. The predicted molar refractivity (Wildman–Crippen MR) is 374 cm³/mol. The molecule has 0 saturated heterocycles. The van der Waals surface area contributed by atoms with Gasteiger partial charge in [-0.05, 0) is 88.0 Å². The molecular formula is C75H55N21O2. The molecule has 0 atom stereocenters. The van der Waals surface area contributed by atoms with Crippen molar-refractivity contribution in [1.29, 1.82) is 5.26 Å². The van der Waals surface area contributed by atoms with Crippen LogP contribution in [0.5, 0.6) is 0 Å². The first-order valence-electron chi connectivity index (χ1n) is 30.7. The summed E-state index contributed by atoms with van der Waals surface area (Å²) in [5.74, 6) is 2.00. The van der Waals surface area contributed by atoms with Crippen molar-refractivity contribution in [3.63, 3.8) is 0 Å². The van der Waals surface area contributed by atoms with Crippen LogP contribution >= 0.6 is 0 Å². The molecule has 0 saturated carbocycles. The van der Waals surface area contributed by atoms with Crippen LogP contribution < -0.4 is 27.4 Å². The fraction of sp³-hybridized carbons (Fsp3) is 0.0400. The van der Waals surface area contributed by atoms with Crippen molar-refractivity contribution < 1.29 is 9.59 Å². The quantitative estimate of drug-likeness (QED) is 0.0565. The summed E-state index contributed by atoms with van der Waals surface area (Å²) in [5, 5.41) is 22.0. The van der Waals surface area contributed by atoms with Crippen molar-refractivity contribution >= 4 is 62.0 Å². The van der Waals surface area contributed by atoms with E-state index in [2.05, 4.69) is 115 Å². The Labute approximate surface area is 560 Å². The number of nitrogens with one attached hydrogen (secondary N) is 3. The monoisotopic (exact) mass is 1280 g/mol. The van der Waals surface area contributed by atoms with E-state index in [-0.39, 0.29) is 17.5 Å². The molecule has 0 aliphatic carbocycles. The number of anilines is 3. The fourth-order valence-electron chi connectivity index (χ4n) is 10.6. The van der Waals surface area contributed by atoms with Crippen LogP contribution in [0.15, 0.2) is 256 Å². The van der Waals surface area contributed by atoms with Gasteiger partial charge in [0, 0.05) is 55.8 Å². The van der Waals surface area contributed by atoms with E-state index in [4.69, 9.17) is 46.6 Å². The summed E-state index contributed by atoms with van der Waals surface area (Å²) in [7, 11) is 0. The third-order valence-corrected chi connectivity index (χ3v) is 15.2. The van der Waals surface area contributed by atoms with Crippen LogP contribution in [0.25, 0.3) is 100 Å². The number of carbonyl (C=O) groups is 2. The van der Waals surface area contributed by atoms with Crippen molar-refractivity contribution in [2.45, 2.75) is 19.6 Å². The number of hydrogen-bond donors (Lipinski definition) is 5. The van der Waals surface area contributed by atoms with Crippen LogP contribution in [-0.2, 0) is 19.6 Å². The van der Waals surface area contributed by atoms with Gasteiger partial charge >= 0.3 is 0 Å². The van der Waals surface area contributed by atoms with Crippen molar-refractivity contribution in [1.82, 2.24) is 74.8 Å². The number of nitrogens with two attached hydrogens (primary N) is 2. The topological polar surface area (TPSA) is 339 Å². The molecule has 0 aliphatic rings. The molecule has 0 spiro atoms. The first kappa shape index (κ1) is 62.7. The van der Waals surface area contributed by atoms with Gasteiger partial charge in [-0.1, -0.05) is 146 Å². The van der Waals surface area contributed by atoms with E-state index in [1.54, 1.807) is 31.0 Å². The van der Waals surface area contributed by atoms with E-state index < -0.39 is 11.8 Å². The lowest BCUT2D eigenvalue weighted by atomic mass is 10.0. The highest BCUT2D eigenvalue weighted by atomic mass is 16.1. The summed E-state index contributed by atoms with van der Waals surface area (Å²) < 4.78 is 0. The van der Waals surface area contributed by atoms with Gasteiger partial charge in [-0.2, -0.15) is 5.26 Å². The summed E-state index contributed by atoms with van der Waals surface area (Å²) in [6.07, 6.45) is 14.4. The van der Waals surface area contributed by atoms with Crippen LogP contribution in [0, 0.1) is 11.3 Å². The number of benzene rings is 6. The third-order valence-electron chi connectivity index (χ3n) is 15.2. The van der Waals surface area contributed by atoms with Crippen LogP contribution in [0.2, 0.25) is 0 Å². The molecule has 0 bridgehead atoms. The molecule has 0 unspecified atom stereocenters. The molecule has 9 aromatic heterocycles. The molecule has 472 valence electrons. The zero-order chi connectivity index (χ0) is 67.0. The van der Waals surface area contributed by atoms with Gasteiger partial charge in [0.25, 0.3) is 11.8 Å². The number of fused-ring (bicyclic) bond motifs is 3. The van der Waals surface area contributed by atoms with E-state index in [9.17, 15) is 9.59 Å². The number of nitriles is 1. The molecule has 2 amide bonds. The van der Waals surface area contributed by atoms with Crippen molar-refractivity contribution in [2.75, 3.05) is 16.0 Å². The maximum absolute atomic E-state index is 11.3. The fourth-order valence-corrected chi connectivity index (χ4v) is 10.6. The highest BCUT2D eigenvalue weighted by molar-refractivity contribution is 6.05. The van der Waals surface area contributed by atoms with Crippen LogP contribution in [0.4, 0.5) is 17.5 Å². The number of hydrogen-bond acceptors (Lipinski definition) is 21. The lowest BCUT2D eigenvalue weighted by Crippen LogP contribution is -2.15. The van der Waals surface area contributed by atoms with E-state index in [1.807, 2.05) is 152 Å². The Morgan fingerprint density at radius 2 is 0.622 bits per heavy atom. The average Bonchev–Trinajstić information content (AvgIpc) is 0.786. The number of carbonyl (C=O) groups excluding carboxylic acids is 2. The number of primary amides is 2. The molecule has 98 heavy (non-hydrogen) atoms. The molecule has 23 nitrogen and oxygen atoms in total. The second-order valence-corrected chi connectivity index (χ2v) is 21.6. The lowest BCUT2D eigenvalue weighted by Gasteiger charge is -2.14. The van der Waals surface area contributed by atoms with Gasteiger partial charge in [0.15, 0.2) is 17.5 Å². The second kappa shape index (κ2) is 29.6. The summed E-state index contributed by atoms with van der Waals surface area (Å²) >= 11 is 0. The average molecular weight is 1280 g/mol. The van der Waals surface area contributed by atoms with Crippen LogP contribution in [0.3, 0.4) is 0 Å². The lowest BCUT2D eigenvalue weighted by molar-refractivity contribution is 0.0982. The van der Waals surface area contributed by atoms with E-state index in [0.717, 1.165) is 83.2 Å². The third kappa shape index (κ3) is 14.7. The number of pyridine rings is 3. The molecule has 0 fully saturated rings. The number of aromatic nitrogens is 15. The molecule has 15 rings (SSSR count). The Balaban J connectivity index is 0.000000132. The number of amides is 2. The van der Waals surface area contributed by atoms with Crippen molar-refractivity contribution in [3.05, 3.63) is 291 Å². The van der Waals surface area contributed by atoms with Gasteiger partial charge in [-0.15, -0.1) is 0 Å². The smallest absolute Gasteiger partial charge is 0.286 e. The maximum Gasteiger partial charge on any atom is 0.286 e. The minimum atomic E-state index is -0.689. The predicted octanol–water partition coefficient (Wildman–Crippen LogP) is 12.4. The normalized spacial score (nSPS) is 10.7. The molecule has 0 aliphatic heterocycles. The number of rotatable bonds is 17. The summed E-state index contributed by atoms with van der Waals surface area (Å²) in [6, 6.07) is 67.6. The van der Waals surface area contributed by atoms with Gasteiger partial charge in [0.2, 0.25) is 17.5 Å². The van der Waals surface area contributed by atoms with Crippen LogP contribution in [0.1, 0.15) is 44.1 Å². The Morgan fingerprint density at radius 3 is 0.898 bits per heavy atom. The molecule has 6 aromatic carbocycles. The summed E-state index contributed by atoms with van der Waals surface area (Å²) in [5.41, 5.74) is 23.6. The molecule has 0 radical (unpaired) electrons. The molecule has 23 heteroatoms. The van der Waals surface area contributed by atoms with Gasteiger partial charge in [-0.3, -0.25) is 24.5 Å². The van der Waals surface area contributed by atoms with E-state index >= 15 is 0 Å². The zero-order valence-electron chi connectivity index (χ0n) is 52.0. The zero-order valence-corrected chi connectivity index (χ0v) is 52.0. The molecule has 15 aromatic rings. The van der Waals surface area contributed by atoms with E-state index in [1.165, 1.54) is 24.8 Å². The van der Waals surface area contributed by atoms with Gasteiger partial charge in [-0.25, -0.2) is 59.8 Å². The van der Waals surface area contributed by atoms with Gasteiger partial charge in [0.05, 0.1) is 86.1 Å². The SMILES string of the molecule is N#Cc1ncc(-c2nc(NCc3ccccn3)c3c(-c4ccccc4)cccc3n2)cn1.NC(=O)c1ncc(-c2nc(NCc3ccccn3)c3c(-c4ccccc4)cccc3n2)cn1.NC(=O)c1ncc(-c2nc(NCc3ccccn3)c3c(-c4ccccc4)cccc3n2)cn1. The van der Waals surface area contributed by atoms with Crippen molar-refractivity contribution in [2.24, 2.45) is 11.5 Å². The van der Waals surface area contributed by atoms with Gasteiger partial charge in [0.1, 0.15) is 23.5 Å². The Kier molecular flexibility index (Phi) is 19.0. The van der Waals surface area contributed by atoms with Crippen molar-refractivity contribution in [3.8, 4) is 73.6 Å². The first-order valence-corrected chi connectivity index (χ1v) is 30.7. The molecular weight excluding hydrogens is 1230 g/mol. The Bertz CT molecular complexity index is 5100. The largest absolute Gasteiger partial charge is 0.364 e. The van der Waals surface area contributed by atoms with E-state index in [0.29, 0.717) is 71.3 Å². The minimum Gasteiger partial charge on any atom is -0.364 e. The number of nitrogens with zero attached hydrogens (tertiary/aromatic N) is 16. The Hall–Kier alpha value is -14.1. The highest BCUT2D eigenvalue weighted by Gasteiger charge is 2.20. The minimum absolute atomic E-state index is 0.0561. The highest BCUT2D eigenvalue weighted by Crippen LogP contribution is 2.37. The van der Waals surface area contributed by atoms with Crippen LogP contribution in [-0.4, -0.2) is 86.6 Å². The molecule has 9 heterocycles.